The maximum absolute atomic E-state index is 6.24. The zero-order valence-corrected chi connectivity index (χ0v) is 11.9. The summed E-state index contributed by atoms with van der Waals surface area (Å²) in [5, 5.41) is 0.757. The Balaban J connectivity index is 2.24. The van der Waals surface area contributed by atoms with Gasteiger partial charge in [-0.2, -0.15) is 0 Å². The molecule has 2 aromatic rings. The molecule has 0 bridgehead atoms. The summed E-state index contributed by atoms with van der Waals surface area (Å²) < 4.78 is 5.87. The van der Waals surface area contributed by atoms with Crippen molar-refractivity contribution in [2.75, 3.05) is 0 Å². The molecular weight excluding hydrogens is 256 g/mol. The van der Waals surface area contributed by atoms with E-state index in [-0.39, 0.29) is 6.10 Å². The zero-order valence-electron chi connectivity index (χ0n) is 11.2. The number of halogens is 1. The highest BCUT2D eigenvalue weighted by Crippen LogP contribution is 2.42. The van der Waals surface area contributed by atoms with Crippen molar-refractivity contribution in [2.24, 2.45) is 0 Å². The van der Waals surface area contributed by atoms with E-state index < -0.39 is 0 Å². The Morgan fingerprint density at radius 1 is 1.21 bits per heavy atom. The molecule has 97 valence electrons. The number of ether oxygens (including phenoxy) is 1. The van der Waals surface area contributed by atoms with Gasteiger partial charge in [-0.3, -0.25) is 0 Å². The number of hydrogen-bond acceptors (Lipinski definition) is 1. The fourth-order valence-electron chi connectivity index (χ4n) is 2.64. The lowest BCUT2D eigenvalue weighted by atomic mass is 9.95. The SMILES string of the molecule is [CH2]C1Cc2cc(Cl)cc(-c3cccc(C)c3C)c2O1. The minimum atomic E-state index is -0.0164. The Labute approximate surface area is 119 Å². The summed E-state index contributed by atoms with van der Waals surface area (Å²) in [6.45, 7) is 8.24. The lowest BCUT2D eigenvalue weighted by molar-refractivity contribution is 0.282. The number of aryl methyl sites for hydroxylation is 1. The molecule has 0 spiro atoms. The Bertz CT molecular complexity index is 646. The first-order chi connectivity index (χ1) is 9.06. The van der Waals surface area contributed by atoms with Crippen molar-refractivity contribution in [3.05, 3.63) is 59.0 Å². The minimum Gasteiger partial charge on any atom is -0.489 e. The third kappa shape index (κ3) is 2.12. The van der Waals surface area contributed by atoms with E-state index in [2.05, 4.69) is 39.0 Å². The average Bonchev–Trinajstić information content (AvgIpc) is 2.72. The molecule has 0 aliphatic carbocycles. The van der Waals surface area contributed by atoms with E-state index in [4.69, 9.17) is 16.3 Å². The average molecular weight is 272 g/mol. The summed E-state index contributed by atoms with van der Waals surface area (Å²) in [4.78, 5) is 0. The van der Waals surface area contributed by atoms with E-state index >= 15 is 0 Å². The monoisotopic (exact) mass is 271 g/mol. The quantitative estimate of drug-likeness (QED) is 0.726. The number of benzene rings is 2. The fraction of sp³-hybridized carbons (Fsp3) is 0.235. The van der Waals surface area contributed by atoms with Gasteiger partial charge in [-0.15, -0.1) is 0 Å². The maximum Gasteiger partial charge on any atom is 0.130 e. The molecule has 1 nitrogen and oxygen atoms in total. The molecule has 19 heavy (non-hydrogen) atoms. The van der Waals surface area contributed by atoms with Gasteiger partial charge in [0.25, 0.3) is 0 Å². The van der Waals surface area contributed by atoms with Gasteiger partial charge < -0.3 is 4.74 Å². The number of hydrogen-bond donors (Lipinski definition) is 0. The second-order valence-electron chi connectivity index (χ2n) is 5.13. The first kappa shape index (κ1) is 12.6. The van der Waals surface area contributed by atoms with Crippen molar-refractivity contribution in [3.63, 3.8) is 0 Å². The molecule has 3 rings (SSSR count). The lowest BCUT2D eigenvalue weighted by Crippen LogP contribution is -2.06. The predicted molar refractivity (Wildman–Crippen MR) is 79.8 cm³/mol. The van der Waals surface area contributed by atoms with Crippen LogP contribution in [-0.4, -0.2) is 6.10 Å². The Morgan fingerprint density at radius 2 is 2.00 bits per heavy atom. The highest BCUT2D eigenvalue weighted by atomic mass is 35.5. The van der Waals surface area contributed by atoms with Crippen LogP contribution in [0.15, 0.2) is 30.3 Å². The van der Waals surface area contributed by atoms with Crippen LogP contribution in [0.3, 0.4) is 0 Å². The summed E-state index contributed by atoms with van der Waals surface area (Å²) in [5.41, 5.74) is 5.96. The predicted octanol–water partition coefficient (Wildman–Crippen LogP) is 4.76. The van der Waals surface area contributed by atoms with Crippen LogP contribution in [0.25, 0.3) is 11.1 Å². The first-order valence-corrected chi connectivity index (χ1v) is 6.83. The molecule has 0 aromatic heterocycles. The summed E-state index contributed by atoms with van der Waals surface area (Å²) in [6, 6.07) is 10.3. The van der Waals surface area contributed by atoms with Crippen LogP contribution in [-0.2, 0) is 6.42 Å². The molecule has 1 aliphatic heterocycles. The van der Waals surface area contributed by atoms with E-state index in [1.807, 2.05) is 12.1 Å². The molecule has 0 amide bonds. The molecule has 1 unspecified atom stereocenters. The summed E-state index contributed by atoms with van der Waals surface area (Å²) in [6.07, 6.45) is 0.811. The van der Waals surface area contributed by atoms with E-state index in [1.54, 1.807) is 0 Å². The third-order valence-electron chi connectivity index (χ3n) is 3.76. The molecular formula is C17H16ClO. The van der Waals surface area contributed by atoms with E-state index in [1.165, 1.54) is 16.7 Å². The summed E-state index contributed by atoms with van der Waals surface area (Å²) in [5.74, 6) is 0.943. The first-order valence-electron chi connectivity index (χ1n) is 6.45. The van der Waals surface area contributed by atoms with Crippen LogP contribution in [0.4, 0.5) is 0 Å². The second-order valence-corrected chi connectivity index (χ2v) is 5.57. The standard InChI is InChI=1S/C17H16ClO/c1-10-5-4-6-15(12(10)3)16-9-14(18)8-13-7-11(2)19-17(13)16/h4-6,8-9,11H,2,7H2,1,3H3. The van der Waals surface area contributed by atoms with Crippen molar-refractivity contribution in [2.45, 2.75) is 26.4 Å². The van der Waals surface area contributed by atoms with Crippen molar-refractivity contribution < 1.29 is 4.74 Å². The van der Waals surface area contributed by atoms with E-state index in [9.17, 15) is 0 Å². The third-order valence-corrected chi connectivity index (χ3v) is 3.98. The molecule has 1 heterocycles. The minimum absolute atomic E-state index is 0.0164. The van der Waals surface area contributed by atoms with Crippen molar-refractivity contribution in [3.8, 4) is 16.9 Å². The largest absolute Gasteiger partial charge is 0.489 e. The normalized spacial score (nSPS) is 17.2. The van der Waals surface area contributed by atoms with Gasteiger partial charge in [-0.05, 0) is 55.2 Å². The Morgan fingerprint density at radius 3 is 2.79 bits per heavy atom. The molecule has 1 aliphatic rings. The Kier molecular flexibility index (Phi) is 3.02. The summed E-state index contributed by atoms with van der Waals surface area (Å²) in [7, 11) is 0. The zero-order chi connectivity index (χ0) is 13.6. The van der Waals surface area contributed by atoms with Gasteiger partial charge in [0.2, 0.25) is 0 Å². The highest BCUT2D eigenvalue weighted by molar-refractivity contribution is 6.31. The van der Waals surface area contributed by atoms with Crippen LogP contribution >= 0.6 is 11.6 Å². The van der Waals surface area contributed by atoms with E-state index in [0.717, 1.165) is 28.3 Å². The topological polar surface area (TPSA) is 9.23 Å². The highest BCUT2D eigenvalue weighted by Gasteiger charge is 2.24. The molecule has 1 radical (unpaired) electrons. The van der Waals surface area contributed by atoms with Gasteiger partial charge in [0.15, 0.2) is 0 Å². The van der Waals surface area contributed by atoms with Crippen LogP contribution in [0, 0.1) is 20.8 Å². The van der Waals surface area contributed by atoms with Crippen LogP contribution < -0.4 is 4.74 Å². The van der Waals surface area contributed by atoms with Crippen LogP contribution in [0.5, 0.6) is 5.75 Å². The van der Waals surface area contributed by atoms with Crippen LogP contribution in [0.2, 0.25) is 5.02 Å². The second kappa shape index (κ2) is 4.57. The lowest BCUT2D eigenvalue weighted by Gasteiger charge is -2.14. The van der Waals surface area contributed by atoms with Gasteiger partial charge in [0.05, 0.1) is 0 Å². The van der Waals surface area contributed by atoms with Gasteiger partial charge in [0.1, 0.15) is 11.9 Å². The fourth-order valence-corrected chi connectivity index (χ4v) is 2.88. The van der Waals surface area contributed by atoms with Crippen molar-refractivity contribution in [1.82, 2.24) is 0 Å². The number of fused-ring (bicyclic) bond motifs is 1. The smallest absolute Gasteiger partial charge is 0.130 e. The molecule has 0 saturated heterocycles. The van der Waals surface area contributed by atoms with Crippen molar-refractivity contribution >= 4 is 11.6 Å². The van der Waals surface area contributed by atoms with Gasteiger partial charge in [0, 0.05) is 17.0 Å². The van der Waals surface area contributed by atoms with Crippen molar-refractivity contribution in [1.29, 1.82) is 0 Å². The van der Waals surface area contributed by atoms with Gasteiger partial charge in [-0.25, -0.2) is 0 Å². The van der Waals surface area contributed by atoms with Gasteiger partial charge >= 0.3 is 0 Å². The van der Waals surface area contributed by atoms with Gasteiger partial charge in [-0.1, -0.05) is 29.8 Å². The maximum atomic E-state index is 6.24. The Hall–Kier alpha value is -1.47. The summed E-state index contributed by atoms with van der Waals surface area (Å²) >= 11 is 6.24. The van der Waals surface area contributed by atoms with Crippen LogP contribution in [0.1, 0.15) is 16.7 Å². The molecule has 0 fully saturated rings. The van der Waals surface area contributed by atoms with E-state index in [0.29, 0.717) is 0 Å². The molecule has 1 atom stereocenters. The molecule has 2 aromatic carbocycles. The number of rotatable bonds is 1. The molecule has 0 N–H and O–H groups in total. The molecule has 2 heteroatoms. The molecule has 0 saturated carbocycles.